The highest BCUT2D eigenvalue weighted by Gasteiger charge is 2.21. The standard InChI is InChI=1S/C12H13FN4O3S/c1-7-4-3-5-8(10(7)13)12(18)15-11-9(21(14,19)20)6-17(2)16-11/h3-6H,1-2H3,(H2,14,19,20)(H,15,16,18). The molecule has 0 saturated heterocycles. The summed E-state index contributed by atoms with van der Waals surface area (Å²) in [6.07, 6.45) is 1.15. The lowest BCUT2D eigenvalue weighted by molar-refractivity contribution is 0.102. The Bertz CT molecular complexity index is 814. The van der Waals surface area contributed by atoms with Crippen molar-refractivity contribution >= 4 is 21.7 Å². The lowest BCUT2D eigenvalue weighted by Crippen LogP contribution is -2.18. The van der Waals surface area contributed by atoms with Crippen molar-refractivity contribution in [1.29, 1.82) is 0 Å². The number of nitrogens with one attached hydrogen (secondary N) is 1. The summed E-state index contributed by atoms with van der Waals surface area (Å²) in [5.74, 6) is -1.73. The Balaban J connectivity index is 2.39. The minimum Gasteiger partial charge on any atom is -0.304 e. The summed E-state index contributed by atoms with van der Waals surface area (Å²) in [6.45, 7) is 1.52. The maximum absolute atomic E-state index is 13.9. The normalized spacial score (nSPS) is 11.4. The first-order valence-corrected chi connectivity index (χ1v) is 7.37. The smallest absolute Gasteiger partial charge is 0.259 e. The summed E-state index contributed by atoms with van der Waals surface area (Å²) < 4.78 is 37.9. The highest BCUT2D eigenvalue weighted by molar-refractivity contribution is 7.89. The van der Waals surface area contributed by atoms with Gasteiger partial charge in [-0.15, -0.1) is 0 Å². The molecule has 0 aliphatic carbocycles. The van der Waals surface area contributed by atoms with Crippen molar-refractivity contribution in [3.8, 4) is 0 Å². The van der Waals surface area contributed by atoms with Gasteiger partial charge in [0.15, 0.2) is 5.82 Å². The van der Waals surface area contributed by atoms with Crippen LogP contribution in [0, 0.1) is 12.7 Å². The quantitative estimate of drug-likeness (QED) is 0.872. The molecule has 0 aliphatic rings. The van der Waals surface area contributed by atoms with Crippen molar-refractivity contribution in [2.24, 2.45) is 12.2 Å². The van der Waals surface area contributed by atoms with Crippen molar-refractivity contribution in [1.82, 2.24) is 9.78 Å². The zero-order valence-electron chi connectivity index (χ0n) is 11.3. The molecule has 1 aromatic carbocycles. The van der Waals surface area contributed by atoms with Gasteiger partial charge in [-0.05, 0) is 18.6 Å². The van der Waals surface area contributed by atoms with Crippen LogP contribution in [-0.4, -0.2) is 24.1 Å². The second-order valence-electron chi connectivity index (χ2n) is 4.45. The van der Waals surface area contributed by atoms with Crippen LogP contribution in [0.15, 0.2) is 29.3 Å². The van der Waals surface area contributed by atoms with E-state index in [1.807, 2.05) is 0 Å². The fraction of sp³-hybridized carbons (Fsp3) is 0.167. The molecule has 2 aromatic rings. The van der Waals surface area contributed by atoms with Crippen LogP contribution in [0.5, 0.6) is 0 Å². The van der Waals surface area contributed by atoms with Gasteiger partial charge in [0.25, 0.3) is 5.91 Å². The number of hydrogen-bond acceptors (Lipinski definition) is 4. The van der Waals surface area contributed by atoms with Gasteiger partial charge in [-0.25, -0.2) is 17.9 Å². The van der Waals surface area contributed by atoms with E-state index in [9.17, 15) is 17.6 Å². The minimum atomic E-state index is -4.05. The summed E-state index contributed by atoms with van der Waals surface area (Å²) >= 11 is 0. The van der Waals surface area contributed by atoms with Gasteiger partial charge < -0.3 is 5.32 Å². The second kappa shape index (κ2) is 5.26. The van der Waals surface area contributed by atoms with Gasteiger partial charge in [0.1, 0.15) is 10.7 Å². The molecule has 7 nitrogen and oxygen atoms in total. The number of amides is 1. The molecule has 0 atom stereocenters. The van der Waals surface area contributed by atoms with E-state index >= 15 is 0 Å². The Hall–Kier alpha value is -2.26. The highest BCUT2D eigenvalue weighted by atomic mass is 32.2. The lowest BCUT2D eigenvalue weighted by Gasteiger charge is -2.06. The molecule has 1 amide bonds. The number of sulfonamides is 1. The highest BCUT2D eigenvalue weighted by Crippen LogP contribution is 2.19. The third-order valence-corrected chi connectivity index (χ3v) is 3.68. The third kappa shape index (κ3) is 3.09. The SMILES string of the molecule is Cc1cccc(C(=O)Nc2nn(C)cc2S(N)(=O)=O)c1F. The molecule has 0 bridgehead atoms. The number of hydrogen-bond donors (Lipinski definition) is 2. The number of rotatable bonds is 3. The summed E-state index contributed by atoms with van der Waals surface area (Å²) in [7, 11) is -2.58. The fourth-order valence-electron chi connectivity index (χ4n) is 1.76. The molecule has 112 valence electrons. The average Bonchev–Trinajstić information content (AvgIpc) is 2.73. The van der Waals surface area contributed by atoms with E-state index in [1.165, 1.54) is 36.9 Å². The summed E-state index contributed by atoms with van der Waals surface area (Å²) in [5, 5.41) is 11.1. The summed E-state index contributed by atoms with van der Waals surface area (Å²) in [4.78, 5) is 11.7. The number of carbonyl (C=O) groups excluding carboxylic acids is 1. The van der Waals surface area contributed by atoms with Gasteiger partial charge in [0.05, 0.1) is 5.56 Å². The van der Waals surface area contributed by atoms with Crippen molar-refractivity contribution in [3.63, 3.8) is 0 Å². The van der Waals surface area contributed by atoms with E-state index in [0.29, 0.717) is 5.56 Å². The molecule has 0 radical (unpaired) electrons. The molecular weight excluding hydrogens is 299 g/mol. The van der Waals surface area contributed by atoms with Crippen LogP contribution in [-0.2, 0) is 17.1 Å². The Morgan fingerprint density at radius 2 is 2.10 bits per heavy atom. The van der Waals surface area contributed by atoms with E-state index in [-0.39, 0.29) is 16.3 Å². The number of aromatic nitrogens is 2. The largest absolute Gasteiger partial charge is 0.304 e. The predicted molar refractivity (Wildman–Crippen MR) is 73.7 cm³/mol. The molecule has 0 fully saturated rings. The van der Waals surface area contributed by atoms with Gasteiger partial charge in [-0.3, -0.25) is 9.48 Å². The van der Waals surface area contributed by atoms with E-state index in [2.05, 4.69) is 10.4 Å². The number of anilines is 1. The molecule has 1 heterocycles. The predicted octanol–water partition coefficient (Wildman–Crippen LogP) is 0.767. The maximum atomic E-state index is 13.9. The molecule has 3 N–H and O–H groups in total. The number of halogens is 1. The molecule has 9 heteroatoms. The molecule has 0 saturated carbocycles. The number of nitrogens with zero attached hydrogens (tertiary/aromatic N) is 2. The summed E-state index contributed by atoms with van der Waals surface area (Å²) in [6, 6.07) is 4.33. The average molecular weight is 312 g/mol. The van der Waals surface area contributed by atoms with E-state index in [0.717, 1.165) is 6.20 Å². The second-order valence-corrected chi connectivity index (χ2v) is 5.98. The van der Waals surface area contributed by atoms with Crippen molar-refractivity contribution in [3.05, 3.63) is 41.3 Å². The van der Waals surface area contributed by atoms with Crippen LogP contribution in [0.3, 0.4) is 0 Å². The van der Waals surface area contributed by atoms with Crippen LogP contribution < -0.4 is 10.5 Å². The van der Waals surface area contributed by atoms with Gasteiger partial charge >= 0.3 is 0 Å². The first-order chi connectivity index (χ1) is 9.70. The molecule has 0 aliphatic heterocycles. The molecule has 2 rings (SSSR count). The zero-order chi connectivity index (χ0) is 15.8. The van der Waals surface area contributed by atoms with Crippen LogP contribution in [0.1, 0.15) is 15.9 Å². The van der Waals surface area contributed by atoms with E-state index in [4.69, 9.17) is 5.14 Å². The first kappa shape index (κ1) is 15.1. The van der Waals surface area contributed by atoms with E-state index in [1.54, 1.807) is 0 Å². The first-order valence-electron chi connectivity index (χ1n) is 5.83. The van der Waals surface area contributed by atoms with Gasteiger partial charge in [0.2, 0.25) is 10.0 Å². The number of carbonyl (C=O) groups is 1. The van der Waals surface area contributed by atoms with Gasteiger partial charge in [-0.1, -0.05) is 12.1 Å². The monoisotopic (exact) mass is 312 g/mol. The van der Waals surface area contributed by atoms with Gasteiger partial charge in [0, 0.05) is 13.2 Å². The van der Waals surface area contributed by atoms with Crippen LogP contribution in [0.2, 0.25) is 0 Å². The van der Waals surface area contributed by atoms with Crippen LogP contribution in [0.4, 0.5) is 10.2 Å². The molecule has 21 heavy (non-hydrogen) atoms. The number of nitrogens with two attached hydrogens (primary N) is 1. The molecule has 0 spiro atoms. The Morgan fingerprint density at radius 3 is 2.71 bits per heavy atom. The fourth-order valence-corrected chi connectivity index (χ4v) is 2.42. The summed E-state index contributed by atoms with van der Waals surface area (Å²) in [5.41, 5.74) is 0.0939. The van der Waals surface area contributed by atoms with Crippen molar-refractivity contribution in [2.45, 2.75) is 11.8 Å². The van der Waals surface area contributed by atoms with E-state index < -0.39 is 21.7 Å². The third-order valence-electron chi connectivity index (χ3n) is 2.77. The van der Waals surface area contributed by atoms with Gasteiger partial charge in [-0.2, -0.15) is 5.10 Å². The number of aryl methyl sites for hydroxylation is 2. The number of benzene rings is 1. The zero-order valence-corrected chi connectivity index (χ0v) is 12.1. The maximum Gasteiger partial charge on any atom is 0.259 e. The van der Waals surface area contributed by atoms with Crippen molar-refractivity contribution < 1.29 is 17.6 Å². The number of primary sulfonamides is 1. The molecular formula is C12H13FN4O3S. The Morgan fingerprint density at radius 1 is 1.43 bits per heavy atom. The minimum absolute atomic E-state index is 0.207. The Labute approximate surface area is 120 Å². The van der Waals surface area contributed by atoms with Crippen molar-refractivity contribution in [2.75, 3.05) is 5.32 Å². The lowest BCUT2D eigenvalue weighted by atomic mass is 10.1. The topological polar surface area (TPSA) is 107 Å². The molecule has 0 unspecified atom stereocenters. The van der Waals surface area contributed by atoms with Crippen LogP contribution in [0.25, 0.3) is 0 Å². The van der Waals surface area contributed by atoms with Crippen LogP contribution >= 0.6 is 0 Å². The Kier molecular flexibility index (Phi) is 3.79. The molecule has 1 aromatic heterocycles.